The van der Waals surface area contributed by atoms with E-state index < -0.39 is 16.2 Å². The van der Waals surface area contributed by atoms with Crippen LogP contribution in [0.25, 0.3) is 11.1 Å². The van der Waals surface area contributed by atoms with Gasteiger partial charge in [-0.3, -0.25) is 14.5 Å². The summed E-state index contributed by atoms with van der Waals surface area (Å²) in [5.41, 5.74) is 4.60. The van der Waals surface area contributed by atoms with Crippen LogP contribution in [0, 0.1) is 12.8 Å². The molecule has 0 saturated heterocycles. The van der Waals surface area contributed by atoms with Crippen LogP contribution in [-0.4, -0.2) is 50.2 Å². The van der Waals surface area contributed by atoms with Crippen LogP contribution in [0.4, 0.5) is 25.8 Å². The van der Waals surface area contributed by atoms with Crippen molar-refractivity contribution < 1.29 is 17.8 Å². The summed E-state index contributed by atoms with van der Waals surface area (Å²) in [4.78, 5) is 21.6. The summed E-state index contributed by atoms with van der Waals surface area (Å²) in [6, 6.07) is 7.17. The standard InChI is InChI=1S/C26H28F2N6O2S/c1-14-18(13-30-34(14)3)16-7-8-19(24(9-16)37(4,36)29-2)32-20-10-17(11-23(35)15-5-6-15)31-21-12-22(26(27)28)33-25(20)21/h7-10,13,15,26H,5-6,11-12H2,1-4H3,(H,31,32)/t37-/m1/s1. The number of aromatic nitrogens is 3. The van der Waals surface area contributed by atoms with Gasteiger partial charge in [-0.15, -0.1) is 0 Å². The number of Topliss-reactive ketones (excluding diaryl/α,β-unsaturated/α-hetero) is 1. The molecule has 194 valence electrons. The lowest BCUT2D eigenvalue weighted by Crippen LogP contribution is -2.11. The van der Waals surface area contributed by atoms with Crippen molar-refractivity contribution in [2.24, 2.45) is 22.3 Å². The zero-order valence-corrected chi connectivity index (χ0v) is 21.9. The Morgan fingerprint density at radius 2 is 2.03 bits per heavy atom. The topological polar surface area (TPSA) is 102 Å². The normalized spacial score (nSPS) is 16.4. The van der Waals surface area contributed by atoms with Crippen LogP contribution in [0.3, 0.4) is 0 Å². The van der Waals surface area contributed by atoms with Crippen molar-refractivity contribution in [1.82, 2.24) is 14.8 Å². The minimum atomic E-state index is -2.80. The van der Waals surface area contributed by atoms with E-state index in [1.807, 2.05) is 26.1 Å². The molecule has 11 heteroatoms. The van der Waals surface area contributed by atoms with Crippen molar-refractivity contribution in [3.63, 3.8) is 0 Å². The predicted octanol–water partition coefficient (Wildman–Crippen LogP) is 5.04. The number of nitrogens with zero attached hydrogens (tertiary/aromatic N) is 5. The molecular formula is C26H28F2N6O2S. The summed E-state index contributed by atoms with van der Waals surface area (Å²) in [7, 11) is 0.554. The van der Waals surface area contributed by atoms with Crippen LogP contribution in [-0.2, 0) is 34.4 Å². The van der Waals surface area contributed by atoms with E-state index in [9.17, 15) is 17.8 Å². The molecule has 1 aliphatic heterocycles. The molecule has 1 fully saturated rings. The first-order chi connectivity index (χ1) is 17.6. The summed E-state index contributed by atoms with van der Waals surface area (Å²) in [6.07, 6.45) is 2.42. The first kappa shape index (κ1) is 25.2. The molecule has 2 aliphatic rings. The van der Waals surface area contributed by atoms with Gasteiger partial charge in [0.2, 0.25) is 0 Å². The average Bonchev–Trinajstić information content (AvgIpc) is 3.54. The second-order valence-corrected chi connectivity index (χ2v) is 12.0. The Labute approximate surface area is 214 Å². The lowest BCUT2D eigenvalue weighted by atomic mass is 10.1. The highest BCUT2D eigenvalue weighted by molar-refractivity contribution is 7.93. The summed E-state index contributed by atoms with van der Waals surface area (Å²) in [5.74, 6) is 0.162. The van der Waals surface area contributed by atoms with E-state index in [0.29, 0.717) is 33.3 Å². The number of rotatable bonds is 8. The van der Waals surface area contributed by atoms with Gasteiger partial charge in [0.1, 0.15) is 11.5 Å². The number of fused-ring (bicyclic) bond motifs is 1. The van der Waals surface area contributed by atoms with Gasteiger partial charge in [-0.1, -0.05) is 6.07 Å². The minimum Gasteiger partial charge on any atom is -0.353 e. The van der Waals surface area contributed by atoms with Crippen LogP contribution in [0.15, 0.2) is 44.7 Å². The van der Waals surface area contributed by atoms with E-state index in [1.165, 1.54) is 7.05 Å². The van der Waals surface area contributed by atoms with Gasteiger partial charge in [0.15, 0.2) is 0 Å². The highest BCUT2D eigenvalue weighted by Crippen LogP contribution is 2.40. The van der Waals surface area contributed by atoms with E-state index in [-0.39, 0.29) is 30.3 Å². The zero-order valence-electron chi connectivity index (χ0n) is 21.1. The molecule has 1 N–H and O–H groups in total. The lowest BCUT2D eigenvalue weighted by Gasteiger charge is -2.17. The number of anilines is 2. The summed E-state index contributed by atoms with van der Waals surface area (Å²) in [5, 5.41) is 7.57. The fourth-order valence-corrected chi connectivity index (χ4v) is 5.49. The summed E-state index contributed by atoms with van der Waals surface area (Å²) < 4.78 is 46.4. The summed E-state index contributed by atoms with van der Waals surface area (Å²) in [6.45, 7) is 1.95. The highest BCUT2D eigenvalue weighted by Gasteiger charge is 2.31. The number of halogens is 2. The molecule has 37 heavy (non-hydrogen) atoms. The third-order valence-electron chi connectivity index (χ3n) is 6.92. The maximum atomic E-state index is 13.5. The average molecular weight is 527 g/mol. The third kappa shape index (κ3) is 4.92. The van der Waals surface area contributed by atoms with Crippen molar-refractivity contribution in [3.05, 3.63) is 47.5 Å². The van der Waals surface area contributed by atoms with Gasteiger partial charge in [0, 0.05) is 50.4 Å². The Morgan fingerprint density at radius 3 is 2.65 bits per heavy atom. The Hall–Kier alpha value is -3.47. The molecule has 2 aromatic heterocycles. The largest absolute Gasteiger partial charge is 0.353 e. The number of carbonyl (C=O) groups is 1. The first-order valence-electron chi connectivity index (χ1n) is 12.0. The van der Waals surface area contributed by atoms with Gasteiger partial charge in [-0.25, -0.2) is 22.3 Å². The number of nitrogens with one attached hydrogen (secondary N) is 1. The molecule has 0 radical (unpaired) electrons. The van der Waals surface area contributed by atoms with Crippen molar-refractivity contribution in [1.29, 1.82) is 0 Å². The van der Waals surface area contributed by atoms with Gasteiger partial charge in [0.05, 0.1) is 49.3 Å². The molecule has 0 amide bonds. The van der Waals surface area contributed by atoms with E-state index in [0.717, 1.165) is 29.7 Å². The van der Waals surface area contributed by atoms with E-state index in [2.05, 4.69) is 24.8 Å². The predicted molar refractivity (Wildman–Crippen MR) is 140 cm³/mol. The number of hydrogen-bond acceptors (Lipinski definition) is 7. The Kier molecular flexibility index (Phi) is 6.43. The molecule has 0 unspecified atom stereocenters. The maximum Gasteiger partial charge on any atom is 0.277 e. The highest BCUT2D eigenvalue weighted by atomic mass is 32.2. The van der Waals surface area contributed by atoms with Crippen molar-refractivity contribution in [2.75, 3.05) is 18.6 Å². The van der Waals surface area contributed by atoms with Crippen LogP contribution < -0.4 is 5.32 Å². The molecule has 1 saturated carbocycles. The molecular weight excluding hydrogens is 498 g/mol. The number of ketones is 1. The lowest BCUT2D eigenvalue weighted by molar-refractivity contribution is -0.119. The monoisotopic (exact) mass is 526 g/mol. The zero-order chi connectivity index (χ0) is 26.5. The van der Waals surface area contributed by atoms with E-state index in [4.69, 9.17) is 0 Å². The minimum absolute atomic E-state index is 0.0605. The Morgan fingerprint density at radius 1 is 1.27 bits per heavy atom. The molecule has 1 atom stereocenters. The van der Waals surface area contributed by atoms with Gasteiger partial charge < -0.3 is 5.32 Å². The van der Waals surface area contributed by atoms with Crippen LogP contribution in [0.5, 0.6) is 0 Å². The van der Waals surface area contributed by atoms with Crippen molar-refractivity contribution >= 4 is 38.3 Å². The molecule has 8 nitrogen and oxygen atoms in total. The number of hydrogen-bond donors (Lipinski definition) is 1. The van der Waals surface area contributed by atoms with E-state index >= 15 is 0 Å². The van der Waals surface area contributed by atoms with Crippen molar-refractivity contribution in [2.45, 2.75) is 43.9 Å². The van der Waals surface area contributed by atoms with Gasteiger partial charge >= 0.3 is 0 Å². The molecule has 0 bridgehead atoms. The molecule has 3 aromatic rings. The fourth-order valence-electron chi connectivity index (χ4n) is 4.42. The number of benzene rings is 1. The quantitative estimate of drug-likeness (QED) is 0.443. The smallest absolute Gasteiger partial charge is 0.277 e. The number of alkyl halides is 2. The summed E-state index contributed by atoms with van der Waals surface area (Å²) >= 11 is 0. The van der Waals surface area contributed by atoms with Gasteiger partial charge in [-0.05, 0) is 43.5 Å². The molecule has 1 aromatic carbocycles. The third-order valence-corrected chi connectivity index (χ3v) is 8.77. The second kappa shape index (κ2) is 9.44. The molecule has 5 rings (SSSR count). The Balaban J connectivity index is 1.60. The van der Waals surface area contributed by atoms with Crippen molar-refractivity contribution in [3.8, 4) is 11.1 Å². The van der Waals surface area contributed by atoms with E-state index in [1.54, 1.807) is 29.3 Å². The number of pyridine rings is 1. The van der Waals surface area contributed by atoms with Crippen LogP contribution >= 0.6 is 0 Å². The van der Waals surface area contributed by atoms with Gasteiger partial charge in [0.25, 0.3) is 6.43 Å². The number of aryl methyl sites for hydroxylation is 1. The first-order valence-corrected chi connectivity index (χ1v) is 13.9. The SMILES string of the molecule is CN=[S@](C)(=O)c1cc(-c2cnn(C)c2C)ccc1Nc1cc(CC(=O)C2CC2)nc2c1N=C(C(F)F)C2. The molecule has 3 heterocycles. The Bertz CT molecular complexity index is 1570. The molecule has 1 aliphatic carbocycles. The number of carbonyl (C=O) groups excluding carboxylic acids is 1. The van der Waals surface area contributed by atoms with Crippen LogP contribution in [0.2, 0.25) is 0 Å². The fraction of sp³-hybridized carbons (Fsp3) is 0.385. The molecule has 0 spiro atoms. The second-order valence-electron chi connectivity index (χ2n) is 9.54. The van der Waals surface area contributed by atoms with Crippen LogP contribution in [0.1, 0.15) is 29.9 Å². The number of aliphatic imine (C=N–C) groups is 1. The van der Waals surface area contributed by atoms with Gasteiger partial charge in [-0.2, -0.15) is 5.10 Å². The maximum absolute atomic E-state index is 13.5.